The van der Waals surface area contributed by atoms with Gasteiger partial charge in [0.2, 0.25) is 12.3 Å². The predicted octanol–water partition coefficient (Wildman–Crippen LogP) is 8.12. The number of ether oxygens (including phenoxy) is 2. The van der Waals surface area contributed by atoms with Crippen molar-refractivity contribution in [3.8, 4) is 22.8 Å². The molecule has 0 aliphatic heterocycles. The number of hydrogen-bond donors (Lipinski definition) is 2. The van der Waals surface area contributed by atoms with Gasteiger partial charge in [-0.2, -0.15) is 5.06 Å². The van der Waals surface area contributed by atoms with Gasteiger partial charge < -0.3 is 38.4 Å². The normalized spacial score (nSPS) is 12.3. The lowest BCUT2D eigenvalue weighted by Gasteiger charge is -2.32. The number of carbonyl (C=O) groups excluding carboxylic acids is 4. The molecule has 0 saturated heterocycles. The molecule has 0 bridgehead atoms. The van der Waals surface area contributed by atoms with E-state index in [1.165, 1.54) is 13.2 Å². The molecule has 3 rings (SSSR count). The average molecular weight is 814 g/mol. The second-order valence-electron chi connectivity index (χ2n) is 13.5. The summed E-state index contributed by atoms with van der Waals surface area (Å²) in [7, 11) is -2.20. The Morgan fingerprint density at radius 3 is 2.16 bits per heavy atom. The van der Waals surface area contributed by atoms with Crippen molar-refractivity contribution in [2.45, 2.75) is 105 Å². The van der Waals surface area contributed by atoms with Gasteiger partial charge in [0, 0.05) is 5.56 Å². The molecule has 0 spiro atoms. The van der Waals surface area contributed by atoms with Crippen LogP contribution in [0.2, 0.25) is 0 Å². The lowest BCUT2D eigenvalue weighted by atomic mass is 9.90. The number of carbonyl (C=O) groups is 4. The van der Waals surface area contributed by atoms with Crippen molar-refractivity contribution in [2.24, 2.45) is 5.92 Å². The number of furan rings is 1. The van der Waals surface area contributed by atoms with Gasteiger partial charge in [0.05, 0.1) is 56.4 Å². The Bertz CT molecular complexity index is 1780. The summed E-state index contributed by atoms with van der Waals surface area (Å²) in [4.78, 5) is 57.9. The lowest BCUT2D eigenvalue weighted by Crippen LogP contribution is -2.49. The number of nitrogens with one attached hydrogen (secondary N) is 2. The van der Waals surface area contributed by atoms with Crippen LogP contribution in [0.15, 0.2) is 52.9 Å². The summed E-state index contributed by atoms with van der Waals surface area (Å²) in [5.74, 6) is -1.20. The van der Waals surface area contributed by atoms with Gasteiger partial charge >= 0.3 is 13.6 Å². The van der Waals surface area contributed by atoms with E-state index in [0.29, 0.717) is 78.8 Å². The van der Waals surface area contributed by atoms with Gasteiger partial charge in [0.1, 0.15) is 17.3 Å². The molecule has 14 nitrogen and oxygen atoms in total. The zero-order chi connectivity index (χ0) is 41.8. The minimum atomic E-state index is -3.72. The van der Waals surface area contributed by atoms with E-state index in [1.807, 2.05) is 27.7 Å². The van der Waals surface area contributed by atoms with E-state index >= 15 is 0 Å². The topological polar surface area (TPSA) is 172 Å². The monoisotopic (exact) mass is 813 g/mol. The number of benzene rings is 2. The number of hydrogen-bond acceptors (Lipinski definition) is 11. The highest BCUT2D eigenvalue weighted by Crippen LogP contribution is 2.49. The number of rotatable bonds is 27. The van der Waals surface area contributed by atoms with Crippen molar-refractivity contribution in [3.63, 3.8) is 0 Å². The molecule has 1 aromatic heterocycles. The van der Waals surface area contributed by atoms with Crippen molar-refractivity contribution >= 4 is 37.1 Å². The van der Waals surface area contributed by atoms with Gasteiger partial charge in [-0.25, -0.2) is 4.79 Å². The molecule has 15 heteroatoms. The summed E-state index contributed by atoms with van der Waals surface area (Å²) in [6.07, 6.45) is 6.76. The maximum atomic E-state index is 14.1. The van der Waals surface area contributed by atoms with Crippen LogP contribution in [0.25, 0.3) is 11.3 Å². The van der Waals surface area contributed by atoms with Gasteiger partial charge in [-0.15, -0.1) is 0 Å². The van der Waals surface area contributed by atoms with Crippen molar-refractivity contribution in [3.05, 3.63) is 65.4 Å². The first-order valence-corrected chi connectivity index (χ1v) is 21.5. The highest BCUT2D eigenvalue weighted by molar-refractivity contribution is 7.62. The highest BCUT2D eigenvalue weighted by atomic mass is 31.2. The van der Waals surface area contributed by atoms with Crippen LogP contribution in [0.3, 0.4) is 0 Å². The zero-order valence-corrected chi connectivity index (χ0v) is 35.3. The Morgan fingerprint density at radius 1 is 0.860 bits per heavy atom. The number of hydroxylamine groups is 2. The zero-order valence-electron chi connectivity index (χ0n) is 34.4. The van der Waals surface area contributed by atoms with E-state index in [0.717, 1.165) is 30.7 Å². The first kappa shape index (κ1) is 46.7. The molecule has 3 aromatic rings. The molecule has 0 aliphatic carbocycles. The number of aryl methyl sites for hydroxylation is 1. The smallest absolute Gasteiger partial charge is 0.363 e. The van der Waals surface area contributed by atoms with Crippen LogP contribution < -0.4 is 25.4 Å². The van der Waals surface area contributed by atoms with Gasteiger partial charge in [-0.1, -0.05) is 59.8 Å². The van der Waals surface area contributed by atoms with Crippen molar-refractivity contribution in [1.82, 2.24) is 15.7 Å². The first-order chi connectivity index (χ1) is 27.5. The molecular formula is C42H60N3O11P. The van der Waals surface area contributed by atoms with Gasteiger partial charge in [-0.3, -0.25) is 18.9 Å². The third kappa shape index (κ3) is 13.8. The van der Waals surface area contributed by atoms with Crippen LogP contribution in [-0.2, 0) is 28.0 Å². The maximum Gasteiger partial charge on any atom is 0.363 e. The van der Waals surface area contributed by atoms with Gasteiger partial charge in [-0.05, 0) is 93.6 Å². The molecule has 2 N–H and O–H groups in total. The number of methoxy groups -OCH3 is 1. The number of nitrogens with zero attached hydrogens (tertiary/aromatic N) is 1. The van der Waals surface area contributed by atoms with E-state index in [4.69, 9.17) is 27.8 Å². The molecular weight excluding hydrogens is 753 g/mol. The summed E-state index contributed by atoms with van der Waals surface area (Å²) >= 11 is 0. The fraction of sp³-hybridized carbons (Fsp3) is 0.524. The van der Waals surface area contributed by atoms with Gasteiger partial charge in [0.15, 0.2) is 5.76 Å². The summed E-state index contributed by atoms with van der Waals surface area (Å²) < 4.78 is 42.8. The van der Waals surface area contributed by atoms with E-state index < -0.39 is 37.3 Å². The van der Waals surface area contributed by atoms with Crippen LogP contribution >= 0.6 is 7.60 Å². The van der Waals surface area contributed by atoms with Crippen molar-refractivity contribution < 1.29 is 51.5 Å². The van der Waals surface area contributed by atoms with Crippen LogP contribution in [0, 0.1) is 12.8 Å². The fourth-order valence-corrected chi connectivity index (χ4v) is 7.78. The van der Waals surface area contributed by atoms with E-state index in [9.17, 15) is 23.7 Å². The Balaban J connectivity index is 1.76. The molecule has 0 fully saturated rings. The predicted molar refractivity (Wildman–Crippen MR) is 218 cm³/mol. The summed E-state index contributed by atoms with van der Waals surface area (Å²) in [6.45, 7) is 12.1. The Labute approximate surface area is 336 Å². The first-order valence-electron chi connectivity index (χ1n) is 19.9. The summed E-state index contributed by atoms with van der Waals surface area (Å²) in [6, 6.07) is 12.2. The average Bonchev–Trinajstić information content (AvgIpc) is 3.71. The standard InChI is InChI=1S/C42H60N3O11P/c1-8-13-16-17-36(37(11-4)45(29-46)56-42(49)35-19-18-32(51-7)24-30(35)6)40(47)43-28-44-41(48)39-21-20-38(55-39)31-25-33(52-12-5)27-34(26-31)57(50,53-22-14-9-2)54-23-15-10-3/h18-21,24-27,29,36-37H,8-17,22-23,28H2,1-7H3,(H,43,47)(H,44,48)/t36-,37-/m1/s1. The molecule has 314 valence electrons. The quantitative estimate of drug-likeness (QED) is 0.0250. The number of unbranched alkanes of at least 4 members (excludes halogenated alkanes) is 4. The fourth-order valence-electron chi connectivity index (χ4n) is 6.08. The van der Waals surface area contributed by atoms with Crippen LogP contribution in [0.5, 0.6) is 11.5 Å². The van der Waals surface area contributed by atoms with Crippen molar-refractivity contribution in [1.29, 1.82) is 0 Å². The molecule has 3 amide bonds. The van der Waals surface area contributed by atoms with E-state index in [2.05, 4.69) is 10.6 Å². The summed E-state index contributed by atoms with van der Waals surface area (Å²) in [5.41, 5.74) is 1.36. The minimum absolute atomic E-state index is 0.0250. The molecule has 1 heterocycles. The minimum Gasteiger partial charge on any atom is -0.497 e. The second kappa shape index (κ2) is 24.2. The highest BCUT2D eigenvalue weighted by Gasteiger charge is 2.34. The molecule has 2 aromatic carbocycles. The Kier molecular flexibility index (Phi) is 19.8. The second-order valence-corrected chi connectivity index (χ2v) is 15.5. The Morgan fingerprint density at radius 2 is 1.56 bits per heavy atom. The SMILES string of the molecule is CCCCC[C@@H](C(=O)NCNC(=O)c1ccc(-c2cc(OCC)cc(P(=O)(OCCCC)OCCCC)c2)o1)[C@@H](CC)N(C=O)OC(=O)c1ccc(OC)cc1C. The summed E-state index contributed by atoms with van der Waals surface area (Å²) in [5, 5.41) is 6.64. The molecule has 57 heavy (non-hydrogen) atoms. The van der Waals surface area contributed by atoms with Crippen molar-refractivity contribution in [2.75, 3.05) is 33.6 Å². The molecule has 0 saturated carbocycles. The van der Waals surface area contributed by atoms with Crippen LogP contribution in [0.4, 0.5) is 0 Å². The van der Waals surface area contributed by atoms with E-state index in [1.54, 1.807) is 56.3 Å². The third-order valence-corrected chi connectivity index (χ3v) is 11.2. The lowest BCUT2D eigenvalue weighted by molar-refractivity contribution is -0.171. The molecule has 0 radical (unpaired) electrons. The third-order valence-electron chi connectivity index (χ3n) is 9.27. The molecule has 0 aliphatic rings. The number of amides is 3. The van der Waals surface area contributed by atoms with Crippen LogP contribution in [0.1, 0.15) is 119 Å². The van der Waals surface area contributed by atoms with Gasteiger partial charge in [0.25, 0.3) is 5.91 Å². The van der Waals surface area contributed by atoms with Crippen LogP contribution in [-0.4, -0.2) is 68.9 Å². The van der Waals surface area contributed by atoms with E-state index in [-0.39, 0.29) is 31.2 Å². The molecule has 0 unspecified atom stereocenters. The molecule has 2 atom stereocenters. The maximum absolute atomic E-state index is 14.1. The Hall–Kier alpha value is -4.65. The largest absolute Gasteiger partial charge is 0.497 e.